The fraction of sp³-hybridized carbons (Fsp3) is 0. The number of fused-ring (bicyclic) bond motifs is 8. The molecule has 0 bridgehead atoms. The molecule has 0 fully saturated rings. The number of benzene rings is 7. The lowest BCUT2D eigenvalue weighted by Gasteiger charge is -2.13. The van der Waals surface area contributed by atoms with Gasteiger partial charge < -0.3 is 4.57 Å². The normalized spacial score (nSPS) is 11.6. The molecule has 0 saturated carbocycles. The highest BCUT2D eigenvalue weighted by atomic mass is 15.0. The zero-order chi connectivity index (χ0) is 36.3. The van der Waals surface area contributed by atoms with Crippen molar-refractivity contribution < 1.29 is 0 Å². The predicted molar refractivity (Wildman–Crippen MR) is 228 cm³/mol. The molecule has 0 radical (unpaired) electrons. The predicted octanol–water partition coefficient (Wildman–Crippen LogP) is 13.1. The Morgan fingerprint density at radius 2 is 0.836 bits per heavy atom. The van der Waals surface area contributed by atoms with Gasteiger partial charge in [-0.25, -0.2) is 15.0 Å². The van der Waals surface area contributed by atoms with Crippen molar-refractivity contribution >= 4 is 54.5 Å². The molecule has 11 rings (SSSR count). The molecule has 7 aromatic carbocycles. The minimum Gasteiger partial charge on any atom is -0.307 e. The number of nitrogens with zero attached hydrogens (tertiary/aromatic N) is 4. The van der Waals surface area contributed by atoms with Crippen LogP contribution in [0.5, 0.6) is 0 Å². The quantitative estimate of drug-likeness (QED) is 0.168. The lowest BCUT2D eigenvalue weighted by atomic mass is 10.0. The van der Waals surface area contributed by atoms with Crippen molar-refractivity contribution in [2.45, 2.75) is 0 Å². The van der Waals surface area contributed by atoms with Gasteiger partial charge in [-0.3, -0.25) is 0 Å². The van der Waals surface area contributed by atoms with Gasteiger partial charge in [0.15, 0.2) is 0 Å². The third-order valence-electron chi connectivity index (χ3n) is 10.8. The van der Waals surface area contributed by atoms with Crippen LogP contribution in [0.2, 0.25) is 0 Å². The number of pyridine rings is 3. The van der Waals surface area contributed by atoms with E-state index in [1.807, 2.05) is 18.2 Å². The maximum atomic E-state index is 5.27. The van der Waals surface area contributed by atoms with Gasteiger partial charge in [0.1, 0.15) is 0 Å². The molecular weight excluding hydrogens is 669 g/mol. The van der Waals surface area contributed by atoms with E-state index in [1.54, 1.807) is 0 Å². The van der Waals surface area contributed by atoms with Crippen LogP contribution >= 0.6 is 0 Å². The van der Waals surface area contributed by atoms with E-state index in [9.17, 15) is 0 Å². The highest BCUT2D eigenvalue weighted by Gasteiger charge is 2.20. The summed E-state index contributed by atoms with van der Waals surface area (Å²) in [6.45, 7) is 0. The highest BCUT2D eigenvalue weighted by Crippen LogP contribution is 2.41. The number of rotatable bonds is 5. The number of aromatic nitrogens is 4. The topological polar surface area (TPSA) is 43.6 Å². The fourth-order valence-corrected chi connectivity index (χ4v) is 8.09. The summed E-state index contributed by atoms with van der Waals surface area (Å²) in [5.41, 5.74) is 14.6. The van der Waals surface area contributed by atoms with Crippen LogP contribution in [0, 0.1) is 0 Å². The third kappa shape index (κ3) is 5.19. The van der Waals surface area contributed by atoms with Gasteiger partial charge in [0.25, 0.3) is 0 Å². The van der Waals surface area contributed by atoms with Gasteiger partial charge in [0.05, 0.1) is 44.7 Å². The van der Waals surface area contributed by atoms with Gasteiger partial charge in [0.2, 0.25) is 0 Å². The van der Waals surface area contributed by atoms with E-state index in [0.29, 0.717) is 0 Å². The third-order valence-corrected chi connectivity index (χ3v) is 10.8. The van der Waals surface area contributed by atoms with E-state index in [2.05, 4.69) is 180 Å². The second kappa shape index (κ2) is 12.6. The van der Waals surface area contributed by atoms with Crippen molar-refractivity contribution in [1.82, 2.24) is 19.5 Å². The Morgan fingerprint density at radius 1 is 0.345 bits per heavy atom. The van der Waals surface area contributed by atoms with E-state index in [1.165, 1.54) is 10.8 Å². The Labute approximate surface area is 317 Å². The van der Waals surface area contributed by atoms with Crippen molar-refractivity contribution in [3.05, 3.63) is 194 Å². The van der Waals surface area contributed by atoms with Crippen LogP contribution in [0.1, 0.15) is 0 Å². The Bertz CT molecular complexity index is 3220. The molecule has 0 unspecified atom stereocenters. The van der Waals surface area contributed by atoms with E-state index in [4.69, 9.17) is 15.0 Å². The van der Waals surface area contributed by atoms with Gasteiger partial charge in [-0.2, -0.15) is 0 Å². The van der Waals surface area contributed by atoms with Crippen molar-refractivity contribution in [3.8, 4) is 50.6 Å². The average Bonchev–Trinajstić information content (AvgIpc) is 3.62. The van der Waals surface area contributed by atoms with Gasteiger partial charge in [-0.1, -0.05) is 158 Å². The van der Waals surface area contributed by atoms with Gasteiger partial charge in [0, 0.05) is 49.3 Å². The summed E-state index contributed by atoms with van der Waals surface area (Å²) >= 11 is 0. The number of hydrogen-bond donors (Lipinski definition) is 0. The Morgan fingerprint density at radius 3 is 1.49 bits per heavy atom. The first-order chi connectivity index (χ1) is 27.3. The molecule has 0 amide bonds. The Balaban J connectivity index is 0.980. The molecule has 0 aliphatic heterocycles. The molecule has 4 heteroatoms. The van der Waals surface area contributed by atoms with Gasteiger partial charge >= 0.3 is 0 Å². The van der Waals surface area contributed by atoms with Crippen LogP contribution in [0.4, 0.5) is 0 Å². The first kappa shape index (κ1) is 31.1. The van der Waals surface area contributed by atoms with Gasteiger partial charge in [-0.05, 0) is 47.5 Å². The summed E-state index contributed by atoms with van der Waals surface area (Å²) < 4.78 is 2.38. The summed E-state index contributed by atoms with van der Waals surface area (Å²) in [7, 11) is 0. The zero-order valence-corrected chi connectivity index (χ0v) is 29.8. The monoisotopic (exact) mass is 700 g/mol. The van der Waals surface area contributed by atoms with Gasteiger partial charge in [-0.15, -0.1) is 0 Å². The molecule has 4 heterocycles. The molecule has 4 aromatic heterocycles. The smallest absolute Gasteiger partial charge is 0.0972 e. The molecule has 0 saturated heterocycles. The van der Waals surface area contributed by atoms with Crippen molar-refractivity contribution in [2.75, 3.05) is 0 Å². The van der Waals surface area contributed by atoms with Crippen molar-refractivity contribution in [3.63, 3.8) is 0 Å². The van der Waals surface area contributed by atoms with Crippen LogP contribution in [-0.2, 0) is 0 Å². The number of para-hydroxylation sites is 2. The molecule has 0 aliphatic carbocycles. The molecular formula is C51H32N4. The molecule has 0 atom stereocenters. The molecule has 0 aliphatic rings. The fourth-order valence-electron chi connectivity index (χ4n) is 8.09. The minimum atomic E-state index is 0.913. The van der Waals surface area contributed by atoms with Crippen LogP contribution in [0.3, 0.4) is 0 Å². The second-order valence-corrected chi connectivity index (χ2v) is 14.0. The average molecular weight is 701 g/mol. The van der Waals surface area contributed by atoms with Crippen LogP contribution in [0.15, 0.2) is 194 Å². The molecule has 0 spiro atoms. The summed E-state index contributed by atoms with van der Waals surface area (Å²) in [5, 5.41) is 5.76. The zero-order valence-electron chi connectivity index (χ0n) is 29.8. The van der Waals surface area contributed by atoms with Crippen molar-refractivity contribution in [2.24, 2.45) is 0 Å². The summed E-state index contributed by atoms with van der Waals surface area (Å²) in [5.74, 6) is 0. The first-order valence-corrected chi connectivity index (χ1v) is 18.6. The Kier molecular flexibility index (Phi) is 7.14. The number of hydrogen-bond acceptors (Lipinski definition) is 3. The van der Waals surface area contributed by atoms with Crippen molar-refractivity contribution in [1.29, 1.82) is 0 Å². The lowest BCUT2D eigenvalue weighted by molar-refractivity contribution is 1.17. The summed E-state index contributed by atoms with van der Waals surface area (Å²) in [6, 6.07) is 68.4. The van der Waals surface area contributed by atoms with Crippen LogP contribution in [0.25, 0.3) is 105 Å². The molecule has 4 nitrogen and oxygen atoms in total. The minimum absolute atomic E-state index is 0.913. The van der Waals surface area contributed by atoms with Crippen LogP contribution in [-0.4, -0.2) is 19.5 Å². The summed E-state index contributed by atoms with van der Waals surface area (Å²) in [6.07, 6.45) is 0. The standard InChI is InChI=1S/C51H32N4/c1-3-11-35(12-4-1)43-31-27-38-23-24-39-28-32-44(53-49(39)48(38)52-43)36-21-19-33(20-22-36)34-25-29-40(30-26-34)55-46-18-10-8-16-42(46)47-41-15-7-9-17-45(41)54-50(51(47)55)37-13-5-2-6-14-37/h1-32H. The lowest BCUT2D eigenvalue weighted by Crippen LogP contribution is -1.97. The maximum absolute atomic E-state index is 5.27. The molecule has 256 valence electrons. The molecule has 0 N–H and O–H groups in total. The van der Waals surface area contributed by atoms with E-state index in [-0.39, 0.29) is 0 Å². The molecule has 11 aromatic rings. The second-order valence-electron chi connectivity index (χ2n) is 14.0. The van der Waals surface area contributed by atoms with E-state index in [0.717, 1.165) is 94.3 Å². The first-order valence-electron chi connectivity index (χ1n) is 18.6. The summed E-state index contributed by atoms with van der Waals surface area (Å²) in [4.78, 5) is 15.5. The van der Waals surface area contributed by atoms with E-state index < -0.39 is 0 Å². The van der Waals surface area contributed by atoms with Crippen LogP contribution < -0.4 is 0 Å². The largest absolute Gasteiger partial charge is 0.307 e. The Hall–Kier alpha value is -7.43. The molecule has 55 heavy (non-hydrogen) atoms. The highest BCUT2D eigenvalue weighted by molar-refractivity contribution is 6.23. The SMILES string of the molecule is c1ccc(-c2ccc3ccc4ccc(-c5ccc(-c6ccc(-n7c8ccccc8c8c9ccccc9nc(-c9ccccc9)c87)cc6)cc5)nc4c3n2)cc1. The van der Waals surface area contributed by atoms with E-state index >= 15 is 0 Å². The maximum Gasteiger partial charge on any atom is 0.0972 e.